The van der Waals surface area contributed by atoms with Crippen LogP contribution >= 0.6 is 0 Å². The Balaban J connectivity index is 2.27. The van der Waals surface area contributed by atoms with Crippen LogP contribution in [0.3, 0.4) is 0 Å². The number of nitrogens with one attached hydrogen (secondary N) is 1. The molecule has 0 spiro atoms. The van der Waals surface area contributed by atoms with Crippen LogP contribution < -0.4 is 11.2 Å². The van der Waals surface area contributed by atoms with Crippen LogP contribution in [-0.2, 0) is 28.3 Å². The van der Waals surface area contributed by atoms with E-state index in [1.54, 1.807) is 4.57 Å². The van der Waals surface area contributed by atoms with Gasteiger partial charge in [0.05, 0.1) is 6.61 Å². The Labute approximate surface area is 163 Å². The quantitative estimate of drug-likeness (QED) is 0.519. The summed E-state index contributed by atoms with van der Waals surface area (Å²) in [4.78, 5) is 51.0. The van der Waals surface area contributed by atoms with E-state index in [0.717, 1.165) is 19.3 Å². The second-order valence-corrected chi connectivity index (χ2v) is 7.26. The fourth-order valence-electron chi connectivity index (χ4n) is 4.15. The van der Waals surface area contributed by atoms with Crippen LogP contribution in [0, 0.1) is 0 Å². The number of H-pyrrole nitrogens is 1. The Bertz CT molecular complexity index is 952. The fraction of sp³-hybridized carbons (Fsp3) is 0.684. The van der Waals surface area contributed by atoms with Crippen molar-refractivity contribution in [2.24, 2.45) is 0 Å². The van der Waals surface area contributed by atoms with Gasteiger partial charge in [-0.15, -0.1) is 0 Å². The Morgan fingerprint density at radius 3 is 2.36 bits per heavy atom. The van der Waals surface area contributed by atoms with Crippen molar-refractivity contribution in [3.05, 3.63) is 26.7 Å². The minimum Gasteiger partial charge on any atom is -0.334 e. The maximum absolute atomic E-state index is 13.0. The summed E-state index contributed by atoms with van der Waals surface area (Å²) < 4.78 is 2.82. The summed E-state index contributed by atoms with van der Waals surface area (Å²) in [6, 6.07) is 0. The van der Waals surface area contributed by atoms with Crippen molar-refractivity contribution in [1.82, 2.24) is 24.2 Å². The summed E-state index contributed by atoms with van der Waals surface area (Å²) in [6.07, 6.45) is 5.33. The van der Waals surface area contributed by atoms with Crippen molar-refractivity contribution >= 4 is 17.6 Å². The summed E-state index contributed by atoms with van der Waals surface area (Å²) in [5.74, 6) is 0.510. The average Bonchev–Trinajstić information content (AvgIpc) is 3.35. The van der Waals surface area contributed by atoms with E-state index in [1.165, 1.54) is 9.63 Å². The summed E-state index contributed by atoms with van der Waals surface area (Å²) in [5, 5.41) is 1.32. The summed E-state index contributed by atoms with van der Waals surface area (Å²) in [7, 11) is 0. The smallest absolute Gasteiger partial charge is 0.332 e. The monoisotopic (exact) mass is 391 g/mol. The topological polar surface area (TPSA) is 102 Å². The standard InChI is InChI=1S/C19H29N5O4/c1-4-11-22-15-14(16(26)23(12-5-2)18(22)27)20-17(21-15)19(9-7-8-10-19)24(13-25)28-6-3/h13H,4-12H2,1-3H3,(H,20,21). The van der Waals surface area contributed by atoms with E-state index in [0.29, 0.717) is 62.4 Å². The van der Waals surface area contributed by atoms with E-state index in [4.69, 9.17) is 4.84 Å². The van der Waals surface area contributed by atoms with Crippen LogP contribution in [0.5, 0.6) is 0 Å². The molecule has 0 atom stereocenters. The molecule has 9 nitrogen and oxygen atoms in total. The van der Waals surface area contributed by atoms with Gasteiger partial charge >= 0.3 is 5.69 Å². The number of hydrogen-bond donors (Lipinski definition) is 1. The lowest BCUT2D eigenvalue weighted by atomic mass is 9.96. The van der Waals surface area contributed by atoms with Gasteiger partial charge in [0.2, 0.25) is 6.41 Å². The molecule has 0 unspecified atom stereocenters. The Morgan fingerprint density at radius 2 is 1.79 bits per heavy atom. The van der Waals surface area contributed by atoms with Crippen LogP contribution in [0.1, 0.15) is 65.1 Å². The van der Waals surface area contributed by atoms with Crippen LogP contribution in [-0.4, -0.2) is 37.2 Å². The first-order valence-corrected chi connectivity index (χ1v) is 10.1. The van der Waals surface area contributed by atoms with Gasteiger partial charge in [0.15, 0.2) is 5.65 Å². The Hall–Kier alpha value is -2.42. The zero-order chi connectivity index (χ0) is 20.3. The van der Waals surface area contributed by atoms with Crippen molar-refractivity contribution in [1.29, 1.82) is 0 Å². The van der Waals surface area contributed by atoms with Crippen molar-refractivity contribution in [3.8, 4) is 0 Å². The first-order chi connectivity index (χ1) is 13.5. The number of rotatable bonds is 9. The van der Waals surface area contributed by atoms with Gasteiger partial charge in [-0.25, -0.2) is 14.8 Å². The van der Waals surface area contributed by atoms with Gasteiger partial charge in [-0.3, -0.25) is 23.6 Å². The van der Waals surface area contributed by atoms with Crippen molar-refractivity contribution in [3.63, 3.8) is 0 Å². The lowest BCUT2D eigenvalue weighted by molar-refractivity contribution is -0.211. The SMILES string of the molecule is CCCn1c(=O)c2[nH]c(C3(N(C=O)OCC)CCCC3)nc2n(CCC)c1=O. The predicted octanol–water partition coefficient (Wildman–Crippen LogP) is 1.89. The lowest BCUT2D eigenvalue weighted by Gasteiger charge is -2.35. The number of hydrogen-bond acceptors (Lipinski definition) is 5. The molecule has 1 aliphatic carbocycles. The first kappa shape index (κ1) is 20.3. The van der Waals surface area contributed by atoms with Crippen LogP contribution in [0.15, 0.2) is 9.59 Å². The molecular formula is C19H29N5O4. The fourth-order valence-corrected chi connectivity index (χ4v) is 4.15. The van der Waals surface area contributed by atoms with Gasteiger partial charge in [-0.05, 0) is 32.6 Å². The minimum atomic E-state index is -0.744. The Kier molecular flexibility index (Phi) is 6.02. The molecular weight excluding hydrogens is 362 g/mol. The zero-order valence-corrected chi connectivity index (χ0v) is 16.9. The van der Waals surface area contributed by atoms with E-state index < -0.39 is 5.54 Å². The van der Waals surface area contributed by atoms with Crippen molar-refractivity contribution in [2.75, 3.05) is 6.61 Å². The van der Waals surface area contributed by atoms with E-state index in [-0.39, 0.29) is 11.2 Å². The van der Waals surface area contributed by atoms with Gasteiger partial charge in [0.1, 0.15) is 16.9 Å². The van der Waals surface area contributed by atoms with Crippen LogP contribution in [0.2, 0.25) is 0 Å². The maximum Gasteiger partial charge on any atom is 0.332 e. The van der Waals surface area contributed by atoms with Crippen LogP contribution in [0.25, 0.3) is 11.2 Å². The molecule has 28 heavy (non-hydrogen) atoms. The Morgan fingerprint density at radius 1 is 1.14 bits per heavy atom. The summed E-state index contributed by atoms with van der Waals surface area (Å²) in [6.45, 7) is 6.90. The number of aromatic amines is 1. The predicted molar refractivity (Wildman–Crippen MR) is 105 cm³/mol. The number of fused-ring (bicyclic) bond motifs is 1. The third-order valence-electron chi connectivity index (χ3n) is 5.41. The molecule has 1 N–H and O–H groups in total. The molecule has 1 aliphatic rings. The minimum absolute atomic E-state index is 0.310. The van der Waals surface area contributed by atoms with E-state index in [2.05, 4.69) is 9.97 Å². The third-order valence-corrected chi connectivity index (χ3v) is 5.41. The molecule has 2 aromatic rings. The van der Waals surface area contributed by atoms with Gasteiger partial charge in [-0.1, -0.05) is 26.7 Å². The van der Waals surface area contributed by atoms with E-state index in [1.807, 2.05) is 20.8 Å². The normalized spacial score (nSPS) is 16.0. The first-order valence-electron chi connectivity index (χ1n) is 10.1. The molecule has 9 heteroatoms. The van der Waals surface area contributed by atoms with E-state index in [9.17, 15) is 14.4 Å². The largest absolute Gasteiger partial charge is 0.334 e. The average molecular weight is 391 g/mol. The lowest BCUT2D eigenvalue weighted by Crippen LogP contribution is -2.44. The zero-order valence-electron chi connectivity index (χ0n) is 16.9. The number of aromatic nitrogens is 4. The molecule has 2 heterocycles. The summed E-state index contributed by atoms with van der Waals surface area (Å²) >= 11 is 0. The molecule has 0 saturated heterocycles. The maximum atomic E-state index is 13.0. The third kappa shape index (κ3) is 3.17. The number of imidazole rings is 1. The number of hydroxylamine groups is 2. The van der Waals surface area contributed by atoms with Crippen molar-refractivity contribution < 1.29 is 9.63 Å². The van der Waals surface area contributed by atoms with Gasteiger partial charge in [0.25, 0.3) is 5.56 Å². The van der Waals surface area contributed by atoms with Crippen molar-refractivity contribution in [2.45, 2.75) is 77.9 Å². The molecule has 1 fully saturated rings. The second kappa shape index (κ2) is 8.30. The number of aryl methyl sites for hydroxylation is 1. The van der Waals surface area contributed by atoms with Gasteiger partial charge in [0, 0.05) is 13.1 Å². The molecule has 0 aromatic carbocycles. The summed E-state index contributed by atoms with van der Waals surface area (Å²) in [5.41, 5.74) is -0.781. The van der Waals surface area contributed by atoms with E-state index >= 15 is 0 Å². The molecule has 1 saturated carbocycles. The molecule has 154 valence electrons. The molecule has 0 aliphatic heterocycles. The highest BCUT2D eigenvalue weighted by atomic mass is 16.7. The number of carbonyl (C=O) groups is 1. The molecule has 0 bridgehead atoms. The number of carbonyl (C=O) groups excluding carboxylic acids is 1. The highest BCUT2D eigenvalue weighted by Gasteiger charge is 2.45. The second-order valence-electron chi connectivity index (χ2n) is 7.26. The van der Waals surface area contributed by atoms with Crippen LogP contribution in [0.4, 0.5) is 0 Å². The molecule has 1 amide bonds. The molecule has 3 rings (SSSR count). The molecule has 0 radical (unpaired) electrons. The van der Waals surface area contributed by atoms with Gasteiger partial charge < -0.3 is 4.98 Å². The number of nitrogens with zero attached hydrogens (tertiary/aromatic N) is 4. The highest BCUT2D eigenvalue weighted by Crippen LogP contribution is 2.42. The molecule has 2 aromatic heterocycles. The van der Waals surface area contributed by atoms with Gasteiger partial charge in [-0.2, -0.15) is 0 Å². The number of amides is 1. The highest BCUT2D eigenvalue weighted by molar-refractivity contribution is 5.70.